The quantitative estimate of drug-likeness (QED) is 0.665. The molecule has 4 rings (SSSR count). The lowest BCUT2D eigenvalue weighted by Gasteiger charge is -2.28. The third kappa shape index (κ3) is 1.01. The molecule has 20 heavy (non-hydrogen) atoms. The Hall–Kier alpha value is -2.37. The zero-order valence-corrected chi connectivity index (χ0v) is 10.2. The molecule has 0 bridgehead atoms. The van der Waals surface area contributed by atoms with Crippen molar-refractivity contribution in [2.24, 2.45) is 0 Å². The fourth-order valence-electron chi connectivity index (χ4n) is 3.01. The highest BCUT2D eigenvalue weighted by Gasteiger charge is 2.70. The summed E-state index contributed by atoms with van der Waals surface area (Å²) in [5.41, 5.74) is -1.57. The molecule has 0 saturated heterocycles. The van der Waals surface area contributed by atoms with Gasteiger partial charge in [0.1, 0.15) is 11.5 Å². The molecule has 2 aromatic rings. The first-order chi connectivity index (χ1) is 9.48. The number of rotatable bonds is 0. The van der Waals surface area contributed by atoms with E-state index < -0.39 is 17.2 Å². The summed E-state index contributed by atoms with van der Waals surface area (Å²) in [6.45, 7) is 0. The average Bonchev–Trinajstić information content (AvgIpc) is 2.76. The maximum Gasteiger partial charge on any atom is 0.276 e. The number of ketones is 1. The number of carbonyl (C=O) groups is 1. The zero-order chi connectivity index (χ0) is 14.1. The van der Waals surface area contributed by atoms with Gasteiger partial charge in [-0.25, -0.2) is 0 Å². The van der Waals surface area contributed by atoms with E-state index in [2.05, 4.69) is 0 Å². The summed E-state index contributed by atoms with van der Waals surface area (Å²) in [5, 5.41) is 31.0. The van der Waals surface area contributed by atoms with Gasteiger partial charge in [0.25, 0.3) is 5.79 Å². The fourth-order valence-corrected chi connectivity index (χ4v) is 3.01. The second-order valence-corrected chi connectivity index (χ2v) is 5.01. The molecule has 3 N–H and O–H groups in total. The van der Waals surface area contributed by atoms with Crippen LogP contribution in [0.3, 0.4) is 0 Å². The van der Waals surface area contributed by atoms with Crippen molar-refractivity contribution in [1.82, 2.24) is 0 Å². The number of phenolic OH excluding ortho intramolecular Hbond substituents is 1. The van der Waals surface area contributed by atoms with E-state index in [1.54, 1.807) is 12.1 Å². The number of carbonyl (C=O) groups excluding carboxylic acids is 1. The van der Waals surface area contributed by atoms with Crippen LogP contribution in [-0.2, 0) is 11.4 Å². The average molecular weight is 270 g/mol. The molecule has 2 aromatic carbocycles. The van der Waals surface area contributed by atoms with Crippen LogP contribution in [0.1, 0.15) is 21.5 Å². The van der Waals surface area contributed by atoms with Crippen molar-refractivity contribution in [3.05, 3.63) is 59.2 Å². The molecule has 0 amide bonds. The number of hydrogen-bond donors (Lipinski definition) is 3. The molecule has 2 atom stereocenters. The van der Waals surface area contributed by atoms with Gasteiger partial charge in [-0.1, -0.05) is 24.3 Å². The number of fused-ring (bicyclic) bond motifs is 5. The van der Waals surface area contributed by atoms with Gasteiger partial charge in [0.2, 0.25) is 11.4 Å². The zero-order valence-electron chi connectivity index (χ0n) is 10.2. The molecule has 0 fully saturated rings. The molecule has 100 valence electrons. The van der Waals surface area contributed by atoms with E-state index in [0.29, 0.717) is 0 Å². The molecule has 0 spiro atoms. The summed E-state index contributed by atoms with van der Waals surface area (Å²) >= 11 is 0. The van der Waals surface area contributed by atoms with Gasteiger partial charge in [0.05, 0.1) is 0 Å². The van der Waals surface area contributed by atoms with Crippen molar-refractivity contribution >= 4 is 5.78 Å². The maximum atomic E-state index is 12.5. The predicted molar refractivity (Wildman–Crippen MR) is 67.3 cm³/mol. The van der Waals surface area contributed by atoms with Crippen molar-refractivity contribution in [2.45, 2.75) is 11.4 Å². The standard InChI is InChI=1S/C15H10O5/c16-8-5-6-11-12(7-8)20-15(19)10-4-2-1-3-9(10)13(17)14(11,15)18/h1-7,16,18-19H/t14-,15+/m1/s1. The second kappa shape index (κ2) is 3.20. The number of Topliss-reactive ketones (excluding diaryl/α,β-unsaturated/α-hetero) is 1. The Kier molecular flexibility index (Phi) is 1.83. The first-order valence-electron chi connectivity index (χ1n) is 6.10. The second-order valence-electron chi connectivity index (χ2n) is 5.01. The Labute approximate surface area is 113 Å². The molecule has 5 heteroatoms. The number of aliphatic hydroxyl groups is 2. The van der Waals surface area contributed by atoms with Gasteiger partial charge < -0.3 is 20.1 Å². The molecule has 5 nitrogen and oxygen atoms in total. The van der Waals surface area contributed by atoms with Crippen LogP contribution in [0, 0.1) is 0 Å². The highest BCUT2D eigenvalue weighted by molar-refractivity contribution is 6.09. The molecule has 0 aromatic heterocycles. The SMILES string of the molecule is O=C1c2ccccc2[C@]2(O)Oc3cc(O)ccc3[C@@]12O. The summed E-state index contributed by atoms with van der Waals surface area (Å²) in [6.07, 6.45) is 0. The first kappa shape index (κ1) is 11.5. The van der Waals surface area contributed by atoms with E-state index in [-0.39, 0.29) is 28.2 Å². The normalized spacial score (nSPS) is 29.6. The highest BCUT2D eigenvalue weighted by atomic mass is 16.7. The van der Waals surface area contributed by atoms with Crippen LogP contribution in [0.5, 0.6) is 11.5 Å². The Morgan fingerprint density at radius 2 is 1.75 bits per heavy atom. The number of benzene rings is 2. The minimum atomic E-state index is -2.18. The summed E-state index contributed by atoms with van der Waals surface area (Å²) in [4.78, 5) is 12.5. The number of phenols is 1. The molecule has 0 saturated carbocycles. The topological polar surface area (TPSA) is 87.0 Å². The Bertz CT molecular complexity index is 769. The molecule has 1 aliphatic heterocycles. The van der Waals surface area contributed by atoms with Crippen molar-refractivity contribution in [2.75, 3.05) is 0 Å². The van der Waals surface area contributed by atoms with Gasteiger partial charge in [-0.3, -0.25) is 4.79 Å². The van der Waals surface area contributed by atoms with Gasteiger partial charge >= 0.3 is 0 Å². The van der Waals surface area contributed by atoms with Crippen molar-refractivity contribution < 1.29 is 24.9 Å². The highest BCUT2D eigenvalue weighted by Crippen LogP contribution is 2.58. The number of hydrogen-bond acceptors (Lipinski definition) is 5. The Morgan fingerprint density at radius 3 is 2.55 bits per heavy atom. The molecular weight excluding hydrogens is 260 g/mol. The van der Waals surface area contributed by atoms with Crippen LogP contribution in [-0.4, -0.2) is 21.1 Å². The Balaban J connectivity index is 2.05. The predicted octanol–water partition coefficient (Wildman–Crippen LogP) is 1.01. The molecular formula is C15H10O5. The molecule has 1 aliphatic carbocycles. The smallest absolute Gasteiger partial charge is 0.276 e. The summed E-state index contributed by atoms with van der Waals surface area (Å²) in [5.74, 6) is -2.74. The first-order valence-corrected chi connectivity index (χ1v) is 6.10. The van der Waals surface area contributed by atoms with Gasteiger partial charge in [-0.05, 0) is 12.1 Å². The lowest BCUT2D eigenvalue weighted by atomic mass is 9.87. The third-order valence-electron chi connectivity index (χ3n) is 3.97. The van der Waals surface area contributed by atoms with E-state index >= 15 is 0 Å². The monoisotopic (exact) mass is 270 g/mol. The summed E-state index contributed by atoms with van der Waals surface area (Å²) in [7, 11) is 0. The van der Waals surface area contributed by atoms with Crippen molar-refractivity contribution in [3.8, 4) is 11.5 Å². The van der Waals surface area contributed by atoms with Crippen LogP contribution in [0.15, 0.2) is 42.5 Å². The van der Waals surface area contributed by atoms with Gasteiger partial charge in [-0.2, -0.15) is 0 Å². The number of aromatic hydroxyl groups is 1. The van der Waals surface area contributed by atoms with E-state index in [9.17, 15) is 20.1 Å². The largest absolute Gasteiger partial charge is 0.508 e. The van der Waals surface area contributed by atoms with Crippen LogP contribution in [0.25, 0.3) is 0 Å². The summed E-state index contributed by atoms with van der Waals surface area (Å²) < 4.78 is 5.42. The van der Waals surface area contributed by atoms with Gasteiger partial charge in [-0.15, -0.1) is 0 Å². The van der Waals surface area contributed by atoms with E-state index in [1.165, 1.54) is 30.3 Å². The molecule has 1 heterocycles. The maximum absolute atomic E-state index is 12.5. The minimum absolute atomic E-state index is 0.0725. The molecule has 0 radical (unpaired) electrons. The Morgan fingerprint density at radius 1 is 1.00 bits per heavy atom. The van der Waals surface area contributed by atoms with E-state index in [0.717, 1.165) is 0 Å². The lowest BCUT2D eigenvalue weighted by molar-refractivity contribution is -0.224. The molecule has 2 aliphatic rings. The minimum Gasteiger partial charge on any atom is -0.508 e. The van der Waals surface area contributed by atoms with Crippen LogP contribution in [0.2, 0.25) is 0 Å². The van der Waals surface area contributed by atoms with E-state index in [4.69, 9.17) is 4.74 Å². The van der Waals surface area contributed by atoms with Crippen molar-refractivity contribution in [3.63, 3.8) is 0 Å². The lowest BCUT2D eigenvalue weighted by Crippen LogP contribution is -2.48. The third-order valence-corrected chi connectivity index (χ3v) is 3.97. The van der Waals surface area contributed by atoms with Gasteiger partial charge in [0.15, 0.2) is 0 Å². The van der Waals surface area contributed by atoms with Crippen LogP contribution < -0.4 is 4.74 Å². The van der Waals surface area contributed by atoms with E-state index in [1.807, 2.05) is 0 Å². The summed E-state index contributed by atoms with van der Waals surface area (Å²) in [6, 6.07) is 10.4. The number of ether oxygens (including phenoxy) is 1. The fraction of sp³-hybridized carbons (Fsp3) is 0.133. The van der Waals surface area contributed by atoms with Crippen molar-refractivity contribution in [1.29, 1.82) is 0 Å². The van der Waals surface area contributed by atoms with Crippen LogP contribution >= 0.6 is 0 Å². The molecule has 0 unspecified atom stereocenters. The van der Waals surface area contributed by atoms with Crippen LogP contribution in [0.4, 0.5) is 0 Å². The van der Waals surface area contributed by atoms with Gasteiger partial charge in [0, 0.05) is 22.8 Å².